The minimum atomic E-state index is -0.0746. The molecule has 1 amide bonds. The zero-order valence-corrected chi connectivity index (χ0v) is 14.0. The Morgan fingerprint density at radius 3 is 2.91 bits per heavy atom. The van der Waals surface area contributed by atoms with Crippen molar-refractivity contribution < 1.29 is 4.79 Å². The smallest absolute Gasteiger partial charge is 0.291 e. The lowest BCUT2D eigenvalue weighted by molar-refractivity contribution is -0.125. The van der Waals surface area contributed by atoms with Gasteiger partial charge < -0.3 is 15.2 Å². The van der Waals surface area contributed by atoms with E-state index in [-0.39, 0.29) is 5.91 Å². The number of nitrogens with one attached hydrogen (secondary N) is 2. The number of carbonyl (C=O) groups is 1. The number of aromatic nitrogens is 1. The van der Waals surface area contributed by atoms with Crippen molar-refractivity contribution in [1.29, 1.82) is 0 Å². The Bertz CT molecular complexity index is 844. The summed E-state index contributed by atoms with van der Waals surface area (Å²) in [6.07, 6.45) is 0.757. The highest BCUT2D eigenvalue weighted by Gasteiger charge is 2.29. The minimum Gasteiger partial charge on any atom is -0.357 e. The fourth-order valence-corrected chi connectivity index (χ4v) is 3.47. The van der Waals surface area contributed by atoms with Gasteiger partial charge >= 0.3 is 0 Å². The molecular formula is C15H15Cl2N5O. The van der Waals surface area contributed by atoms with Crippen molar-refractivity contribution in [3.63, 3.8) is 0 Å². The second kappa shape index (κ2) is 5.32. The van der Waals surface area contributed by atoms with Crippen LogP contribution < -0.4 is 5.32 Å². The zero-order chi connectivity index (χ0) is 16.1. The van der Waals surface area contributed by atoms with Gasteiger partial charge in [-0.05, 0) is 6.07 Å². The molecule has 23 heavy (non-hydrogen) atoms. The van der Waals surface area contributed by atoms with Crippen LogP contribution in [0.2, 0.25) is 10.0 Å². The lowest BCUT2D eigenvalue weighted by Crippen LogP contribution is -2.43. The minimum absolute atomic E-state index is 0.0746. The second-order valence-electron chi connectivity index (χ2n) is 5.78. The van der Waals surface area contributed by atoms with E-state index >= 15 is 0 Å². The Morgan fingerprint density at radius 2 is 2.17 bits per heavy atom. The molecule has 4 rings (SSSR count). The van der Waals surface area contributed by atoms with E-state index in [1.54, 1.807) is 11.1 Å². The van der Waals surface area contributed by atoms with Gasteiger partial charge in [0.15, 0.2) is 0 Å². The highest BCUT2D eigenvalue weighted by atomic mass is 35.5. The standard InChI is InChI=1S/C15H15Cl2N5O/c1-21-7-18-14(20-21)15(23)22-5-4-11-9(6-22)8-2-3-10(16)12(17)13(8)19-11/h2-3,19H,4-7H2,1H3,(H,18,20). The first-order valence-corrected chi connectivity index (χ1v) is 8.10. The summed E-state index contributed by atoms with van der Waals surface area (Å²) in [5.41, 5.74) is 3.06. The Labute approximate surface area is 143 Å². The van der Waals surface area contributed by atoms with Crippen molar-refractivity contribution in [3.05, 3.63) is 33.4 Å². The molecule has 0 bridgehead atoms. The van der Waals surface area contributed by atoms with Gasteiger partial charge in [0.2, 0.25) is 5.84 Å². The molecule has 1 aromatic heterocycles. The van der Waals surface area contributed by atoms with Crippen molar-refractivity contribution in [2.24, 2.45) is 5.10 Å². The molecule has 0 unspecified atom stereocenters. The van der Waals surface area contributed by atoms with E-state index in [2.05, 4.69) is 15.4 Å². The molecular weight excluding hydrogens is 337 g/mol. The molecule has 0 saturated heterocycles. The van der Waals surface area contributed by atoms with Crippen LogP contribution in [0.4, 0.5) is 0 Å². The SMILES string of the molecule is CN1CNC(C(=O)N2CCc3[nH]c4c(Cl)c(Cl)ccc4c3C2)=N1. The first kappa shape index (κ1) is 14.7. The molecule has 0 radical (unpaired) electrons. The fourth-order valence-electron chi connectivity index (χ4n) is 3.10. The maximum atomic E-state index is 12.6. The first-order valence-electron chi connectivity index (χ1n) is 7.35. The van der Waals surface area contributed by atoms with Crippen LogP contribution in [0.3, 0.4) is 0 Å². The van der Waals surface area contributed by atoms with Crippen LogP contribution >= 0.6 is 23.2 Å². The number of amides is 1. The summed E-state index contributed by atoms with van der Waals surface area (Å²) in [7, 11) is 1.83. The summed E-state index contributed by atoms with van der Waals surface area (Å²) in [4.78, 5) is 17.7. The third-order valence-electron chi connectivity index (χ3n) is 4.28. The number of hydrogen-bond acceptors (Lipinski definition) is 4. The van der Waals surface area contributed by atoms with Gasteiger partial charge in [-0.1, -0.05) is 29.3 Å². The summed E-state index contributed by atoms with van der Waals surface area (Å²) in [6, 6.07) is 3.74. The average molecular weight is 352 g/mol. The van der Waals surface area contributed by atoms with Crippen LogP contribution in [-0.4, -0.2) is 46.9 Å². The molecule has 6 nitrogen and oxygen atoms in total. The van der Waals surface area contributed by atoms with Crippen molar-refractivity contribution in [2.75, 3.05) is 20.3 Å². The molecule has 3 heterocycles. The number of amidine groups is 1. The number of carbonyl (C=O) groups excluding carboxylic acids is 1. The molecule has 120 valence electrons. The van der Waals surface area contributed by atoms with Gasteiger partial charge in [0.05, 0.1) is 15.6 Å². The summed E-state index contributed by atoms with van der Waals surface area (Å²) < 4.78 is 0. The Kier molecular flexibility index (Phi) is 3.39. The highest BCUT2D eigenvalue weighted by Crippen LogP contribution is 2.35. The Balaban J connectivity index is 1.68. The molecule has 2 aliphatic rings. The summed E-state index contributed by atoms with van der Waals surface area (Å²) in [5.74, 6) is 0.325. The van der Waals surface area contributed by atoms with E-state index in [1.165, 1.54) is 0 Å². The molecule has 2 N–H and O–H groups in total. The number of H-pyrrole nitrogens is 1. The molecule has 0 fully saturated rings. The molecule has 1 aromatic carbocycles. The average Bonchev–Trinajstić information content (AvgIpc) is 3.13. The number of halogens is 2. The van der Waals surface area contributed by atoms with Crippen LogP contribution in [-0.2, 0) is 17.8 Å². The van der Waals surface area contributed by atoms with E-state index in [0.29, 0.717) is 35.6 Å². The van der Waals surface area contributed by atoms with Gasteiger partial charge in [-0.3, -0.25) is 9.80 Å². The predicted molar refractivity (Wildman–Crippen MR) is 90.6 cm³/mol. The number of benzene rings is 1. The first-order chi connectivity index (χ1) is 11.0. The quantitative estimate of drug-likeness (QED) is 0.827. The van der Waals surface area contributed by atoms with E-state index in [4.69, 9.17) is 23.2 Å². The predicted octanol–water partition coefficient (Wildman–Crippen LogP) is 2.17. The van der Waals surface area contributed by atoms with Gasteiger partial charge in [-0.15, -0.1) is 0 Å². The van der Waals surface area contributed by atoms with Crippen LogP contribution in [0, 0.1) is 0 Å². The summed E-state index contributed by atoms with van der Waals surface area (Å²) in [6.45, 7) is 1.74. The van der Waals surface area contributed by atoms with Crippen molar-refractivity contribution in [2.45, 2.75) is 13.0 Å². The van der Waals surface area contributed by atoms with E-state index < -0.39 is 0 Å². The number of aromatic amines is 1. The van der Waals surface area contributed by atoms with E-state index in [0.717, 1.165) is 28.6 Å². The number of hydrogen-bond donors (Lipinski definition) is 2. The number of hydrazone groups is 1. The van der Waals surface area contributed by atoms with Crippen molar-refractivity contribution >= 4 is 45.8 Å². The van der Waals surface area contributed by atoms with Crippen molar-refractivity contribution in [1.82, 2.24) is 20.2 Å². The topological polar surface area (TPSA) is 63.7 Å². The zero-order valence-electron chi connectivity index (χ0n) is 12.5. The maximum Gasteiger partial charge on any atom is 0.291 e. The van der Waals surface area contributed by atoms with Crippen LogP contribution in [0.1, 0.15) is 11.3 Å². The van der Waals surface area contributed by atoms with Gasteiger partial charge in [-0.25, -0.2) is 0 Å². The third kappa shape index (κ3) is 2.33. The Hall–Kier alpha value is -1.92. The molecule has 8 heteroatoms. The van der Waals surface area contributed by atoms with Crippen LogP contribution in [0.5, 0.6) is 0 Å². The number of fused-ring (bicyclic) bond motifs is 3. The maximum absolute atomic E-state index is 12.6. The molecule has 0 atom stereocenters. The molecule has 0 saturated carbocycles. The summed E-state index contributed by atoms with van der Waals surface area (Å²) >= 11 is 12.4. The van der Waals surface area contributed by atoms with Crippen molar-refractivity contribution in [3.8, 4) is 0 Å². The van der Waals surface area contributed by atoms with E-state index in [9.17, 15) is 4.79 Å². The second-order valence-corrected chi connectivity index (χ2v) is 6.57. The largest absolute Gasteiger partial charge is 0.357 e. The molecule has 2 aromatic rings. The lowest BCUT2D eigenvalue weighted by atomic mass is 10.0. The lowest BCUT2D eigenvalue weighted by Gasteiger charge is -2.27. The van der Waals surface area contributed by atoms with Crippen LogP contribution in [0.25, 0.3) is 10.9 Å². The third-order valence-corrected chi connectivity index (χ3v) is 5.08. The van der Waals surface area contributed by atoms with Gasteiger partial charge in [0.1, 0.15) is 6.67 Å². The Morgan fingerprint density at radius 1 is 1.35 bits per heavy atom. The van der Waals surface area contributed by atoms with Gasteiger partial charge in [0, 0.05) is 43.2 Å². The highest BCUT2D eigenvalue weighted by molar-refractivity contribution is 6.45. The normalized spacial score (nSPS) is 17.3. The van der Waals surface area contributed by atoms with Gasteiger partial charge in [-0.2, -0.15) is 5.10 Å². The van der Waals surface area contributed by atoms with Gasteiger partial charge in [0.25, 0.3) is 5.91 Å². The summed E-state index contributed by atoms with van der Waals surface area (Å²) in [5, 5.41) is 11.0. The van der Waals surface area contributed by atoms with E-state index in [1.807, 2.05) is 18.0 Å². The monoisotopic (exact) mass is 351 g/mol. The number of rotatable bonds is 1. The van der Waals surface area contributed by atoms with Crippen LogP contribution in [0.15, 0.2) is 17.2 Å². The molecule has 2 aliphatic heterocycles. The molecule has 0 spiro atoms. The molecule has 0 aliphatic carbocycles. The number of nitrogens with zero attached hydrogens (tertiary/aromatic N) is 3. The fraction of sp³-hybridized carbons (Fsp3) is 0.333.